The lowest BCUT2D eigenvalue weighted by molar-refractivity contribution is -0.137. The normalized spacial score (nSPS) is 28.6. The summed E-state index contributed by atoms with van der Waals surface area (Å²) in [5.74, 6) is 0. The van der Waals surface area contributed by atoms with Crippen molar-refractivity contribution in [3.8, 4) is 0 Å². The van der Waals surface area contributed by atoms with E-state index in [-0.39, 0.29) is 0 Å². The monoisotopic (exact) mass is 265 g/mol. The average molecular weight is 265 g/mol. The van der Waals surface area contributed by atoms with Crippen LogP contribution in [0, 0.1) is 5.41 Å². The van der Waals surface area contributed by atoms with Crippen molar-refractivity contribution in [2.75, 3.05) is 0 Å². The van der Waals surface area contributed by atoms with Crippen molar-refractivity contribution in [3.63, 3.8) is 0 Å². The highest BCUT2D eigenvalue weighted by Gasteiger charge is 2.50. The van der Waals surface area contributed by atoms with Crippen molar-refractivity contribution in [2.45, 2.75) is 44.9 Å². The first kappa shape index (κ1) is 12.8. The van der Waals surface area contributed by atoms with Gasteiger partial charge in [0.2, 0.25) is 0 Å². The second kappa shape index (κ2) is 3.68. The van der Waals surface area contributed by atoms with E-state index in [9.17, 15) is 18.3 Å². The minimum absolute atomic E-state index is 0.326. The van der Waals surface area contributed by atoms with Crippen molar-refractivity contribution in [2.24, 2.45) is 5.41 Å². The molecule has 1 unspecified atom stereocenters. The molecule has 1 heterocycles. The predicted molar refractivity (Wildman–Crippen MR) is 58.6 cm³/mol. The summed E-state index contributed by atoms with van der Waals surface area (Å²) < 4.78 is 37.4. The molecule has 1 atom stereocenters. The Bertz CT molecular complexity index is 427. The predicted octanol–water partition coefficient (Wildman–Crippen LogP) is 3.56. The summed E-state index contributed by atoms with van der Waals surface area (Å²) in [6.07, 6.45) is -1.13. The minimum atomic E-state index is -4.43. The minimum Gasteiger partial charge on any atom is -0.384 e. The maximum atomic E-state index is 12.5. The molecule has 1 fully saturated rings. The van der Waals surface area contributed by atoms with Gasteiger partial charge in [0.15, 0.2) is 5.01 Å². The number of aromatic nitrogens is 1. The van der Waals surface area contributed by atoms with Crippen molar-refractivity contribution in [1.29, 1.82) is 0 Å². The first-order valence-electron chi connectivity index (χ1n) is 5.43. The molecule has 1 N–H and O–H groups in total. The first-order chi connectivity index (χ1) is 7.67. The highest BCUT2D eigenvalue weighted by molar-refractivity contribution is 7.11. The zero-order valence-corrected chi connectivity index (χ0v) is 10.5. The molecular weight excluding hydrogens is 251 g/mol. The number of hydrogen-bond donors (Lipinski definition) is 1. The molecule has 1 aromatic rings. The summed E-state index contributed by atoms with van der Waals surface area (Å²) in [4.78, 5) is 3.70. The molecule has 0 spiro atoms. The number of aliphatic hydroxyl groups is 1. The van der Waals surface area contributed by atoms with Crippen LogP contribution in [0.15, 0.2) is 6.20 Å². The number of halogens is 3. The third-order valence-corrected chi connectivity index (χ3v) is 4.81. The Balaban J connectivity index is 2.38. The molecule has 1 aliphatic carbocycles. The Hall–Kier alpha value is -0.620. The van der Waals surface area contributed by atoms with E-state index in [1.807, 2.05) is 13.8 Å². The Morgan fingerprint density at radius 2 is 2.00 bits per heavy atom. The number of hydrogen-bond acceptors (Lipinski definition) is 3. The van der Waals surface area contributed by atoms with Gasteiger partial charge >= 0.3 is 6.18 Å². The van der Waals surface area contributed by atoms with Gasteiger partial charge in [-0.3, -0.25) is 0 Å². The SMILES string of the molecule is CC1(C)CCCC1(O)c1cnc(C(F)(F)F)s1. The Morgan fingerprint density at radius 1 is 1.35 bits per heavy atom. The van der Waals surface area contributed by atoms with Gasteiger partial charge in [0.1, 0.15) is 5.60 Å². The average Bonchev–Trinajstić information content (AvgIpc) is 2.72. The molecule has 1 aromatic heterocycles. The zero-order valence-electron chi connectivity index (χ0n) is 9.64. The van der Waals surface area contributed by atoms with Crippen LogP contribution in [0.3, 0.4) is 0 Å². The van der Waals surface area contributed by atoms with Crippen molar-refractivity contribution in [1.82, 2.24) is 4.98 Å². The van der Waals surface area contributed by atoms with Crippen LogP contribution in [-0.4, -0.2) is 10.1 Å². The molecule has 0 amide bonds. The van der Waals surface area contributed by atoms with E-state index < -0.39 is 22.2 Å². The lowest BCUT2D eigenvalue weighted by Crippen LogP contribution is -2.36. The van der Waals surface area contributed by atoms with Gasteiger partial charge in [0.25, 0.3) is 0 Å². The fourth-order valence-corrected chi connectivity index (χ4v) is 3.47. The molecule has 1 saturated carbocycles. The molecule has 6 heteroatoms. The standard InChI is InChI=1S/C11H14F3NOS/c1-9(2)4-3-5-10(9,16)7-6-15-8(17-7)11(12,13)14/h6,16H,3-5H2,1-2H3. The van der Waals surface area contributed by atoms with Crippen LogP contribution >= 0.6 is 11.3 Å². The third-order valence-electron chi connectivity index (χ3n) is 3.62. The number of nitrogens with zero attached hydrogens (tertiary/aromatic N) is 1. The zero-order chi connectivity index (χ0) is 12.9. The molecule has 2 rings (SSSR count). The smallest absolute Gasteiger partial charge is 0.384 e. The fraction of sp³-hybridized carbons (Fsp3) is 0.727. The lowest BCUT2D eigenvalue weighted by Gasteiger charge is -2.35. The molecule has 0 radical (unpaired) electrons. The molecule has 0 bridgehead atoms. The first-order valence-corrected chi connectivity index (χ1v) is 6.24. The number of rotatable bonds is 1. The second-order valence-corrected chi connectivity index (χ2v) is 6.16. The maximum absolute atomic E-state index is 12.5. The summed E-state index contributed by atoms with van der Waals surface area (Å²) in [5.41, 5.74) is -1.57. The van der Waals surface area contributed by atoms with E-state index in [0.29, 0.717) is 22.6 Å². The highest BCUT2D eigenvalue weighted by atomic mass is 32.1. The van der Waals surface area contributed by atoms with Gasteiger partial charge in [-0.15, -0.1) is 11.3 Å². The maximum Gasteiger partial charge on any atom is 0.443 e. The van der Waals surface area contributed by atoms with Gasteiger partial charge < -0.3 is 5.11 Å². The van der Waals surface area contributed by atoms with E-state index >= 15 is 0 Å². The Labute approximate surface area is 101 Å². The largest absolute Gasteiger partial charge is 0.443 e. The summed E-state index contributed by atoms with van der Waals surface area (Å²) >= 11 is 0.552. The molecule has 2 nitrogen and oxygen atoms in total. The van der Waals surface area contributed by atoms with Crippen molar-refractivity contribution >= 4 is 11.3 Å². The number of alkyl halides is 3. The Morgan fingerprint density at radius 3 is 2.41 bits per heavy atom. The third kappa shape index (κ3) is 1.97. The van der Waals surface area contributed by atoms with Crippen molar-refractivity contribution < 1.29 is 18.3 Å². The molecular formula is C11H14F3NOS. The Kier molecular flexibility index (Phi) is 2.78. The van der Waals surface area contributed by atoms with Crippen molar-refractivity contribution in [3.05, 3.63) is 16.1 Å². The van der Waals surface area contributed by atoms with Crippen LogP contribution < -0.4 is 0 Å². The molecule has 17 heavy (non-hydrogen) atoms. The molecule has 0 aromatic carbocycles. The quantitative estimate of drug-likeness (QED) is 0.842. The van der Waals surface area contributed by atoms with Crippen LogP contribution in [0.25, 0.3) is 0 Å². The highest BCUT2D eigenvalue weighted by Crippen LogP contribution is 2.54. The van der Waals surface area contributed by atoms with E-state index in [4.69, 9.17) is 0 Å². The van der Waals surface area contributed by atoms with Crippen LogP contribution in [0.5, 0.6) is 0 Å². The van der Waals surface area contributed by atoms with Crippen LogP contribution in [0.2, 0.25) is 0 Å². The van der Waals surface area contributed by atoms with E-state index in [2.05, 4.69) is 4.98 Å². The van der Waals surface area contributed by atoms with Gasteiger partial charge in [-0.25, -0.2) is 4.98 Å². The van der Waals surface area contributed by atoms with E-state index in [1.165, 1.54) is 6.20 Å². The van der Waals surface area contributed by atoms with Gasteiger partial charge in [-0.2, -0.15) is 13.2 Å². The topological polar surface area (TPSA) is 33.1 Å². The number of thiazole rings is 1. The van der Waals surface area contributed by atoms with Gasteiger partial charge in [-0.05, 0) is 24.7 Å². The van der Waals surface area contributed by atoms with E-state index in [1.54, 1.807) is 0 Å². The molecule has 1 aliphatic rings. The molecule has 0 aliphatic heterocycles. The summed E-state index contributed by atoms with van der Waals surface area (Å²) in [7, 11) is 0. The molecule has 0 saturated heterocycles. The fourth-order valence-electron chi connectivity index (χ4n) is 2.38. The second-order valence-electron chi connectivity index (χ2n) is 5.13. The molecule has 96 valence electrons. The van der Waals surface area contributed by atoms with Gasteiger partial charge in [-0.1, -0.05) is 13.8 Å². The van der Waals surface area contributed by atoms with Crippen LogP contribution in [-0.2, 0) is 11.8 Å². The van der Waals surface area contributed by atoms with E-state index in [0.717, 1.165) is 12.8 Å². The lowest BCUT2D eigenvalue weighted by atomic mass is 9.77. The van der Waals surface area contributed by atoms with Crippen LogP contribution in [0.1, 0.15) is 43.0 Å². The summed E-state index contributed by atoms with van der Waals surface area (Å²) in [6, 6.07) is 0. The summed E-state index contributed by atoms with van der Waals surface area (Å²) in [5, 5.41) is 9.69. The van der Waals surface area contributed by atoms with Gasteiger partial charge in [0.05, 0.1) is 4.88 Å². The van der Waals surface area contributed by atoms with Crippen LogP contribution in [0.4, 0.5) is 13.2 Å². The summed E-state index contributed by atoms with van der Waals surface area (Å²) in [6.45, 7) is 3.76. The van der Waals surface area contributed by atoms with Gasteiger partial charge in [0, 0.05) is 6.20 Å².